The fourth-order valence-electron chi connectivity index (χ4n) is 1.57. The normalized spacial score (nSPS) is 13.5. The molecule has 0 radical (unpaired) electrons. The van der Waals surface area contributed by atoms with Crippen molar-refractivity contribution in [3.8, 4) is 11.4 Å². The maximum Gasteiger partial charge on any atom is 0.417 e. The van der Waals surface area contributed by atoms with E-state index in [1.54, 1.807) is 14.0 Å². The summed E-state index contributed by atoms with van der Waals surface area (Å²) < 4.78 is 43.5. The highest BCUT2D eigenvalue weighted by molar-refractivity contribution is 5.60. The minimum atomic E-state index is -4.45. The molecule has 0 bridgehead atoms. The summed E-state index contributed by atoms with van der Waals surface area (Å²) in [6, 6.07) is 4.92. The van der Waals surface area contributed by atoms with Crippen molar-refractivity contribution in [3.05, 3.63) is 35.7 Å². The Morgan fingerprint density at radius 3 is 2.58 bits per heavy atom. The van der Waals surface area contributed by atoms with Crippen molar-refractivity contribution in [1.82, 2.24) is 15.5 Å². The van der Waals surface area contributed by atoms with Crippen LogP contribution in [0.4, 0.5) is 13.2 Å². The summed E-state index contributed by atoms with van der Waals surface area (Å²) in [5.74, 6) is 0.180. The Labute approximate surface area is 107 Å². The van der Waals surface area contributed by atoms with Crippen LogP contribution in [0.1, 0.15) is 24.4 Å². The Morgan fingerprint density at radius 2 is 1.95 bits per heavy atom. The molecule has 0 saturated carbocycles. The second-order valence-electron chi connectivity index (χ2n) is 4.01. The fourth-order valence-corrected chi connectivity index (χ4v) is 1.57. The minimum Gasteiger partial charge on any atom is -0.337 e. The minimum absolute atomic E-state index is 0.0648. The van der Waals surface area contributed by atoms with Gasteiger partial charge in [0.1, 0.15) is 0 Å². The van der Waals surface area contributed by atoms with Crippen molar-refractivity contribution >= 4 is 0 Å². The molecule has 0 fully saturated rings. The van der Waals surface area contributed by atoms with Gasteiger partial charge in [0.15, 0.2) is 0 Å². The third-order valence-electron chi connectivity index (χ3n) is 2.72. The van der Waals surface area contributed by atoms with Gasteiger partial charge in [0, 0.05) is 5.56 Å². The number of nitrogens with zero attached hydrogens (tertiary/aromatic N) is 2. The summed E-state index contributed by atoms with van der Waals surface area (Å²) in [7, 11) is 1.69. The first kappa shape index (κ1) is 13.5. The Morgan fingerprint density at radius 1 is 1.26 bits per heavy atom. The standard InChI is InChI=1S/C12H12F3N3O/c1-7(16-2)11-17-10(18-19-11)8-5-3-4-6-9(8)12(13,14)15/h3-7,16H,1-2H3. The maximum absolute atomic E-state index is 12.9. The van der Waals surface area contributed by atoms with Crippen LogP contribution in [0.15, 0.2) is 28.8 Å². The van der Waals surface area contributed by atoms with E-state index in [1.165, 1.54) is 18.2 Å². The van der Waals surface area contributed by atoms with E-state index in [1.807, 2.05) is 0 Å². The summed E-state index contributed by atoms with van der Waals surface area (Å²) >= 11 is 0. The number of aromatic nitrogens is 2. The maximum atomic E-state index is 12.9. The van der Waals surface area contributed by atoms with E-state index in [0.717, 1.165) is 6.07 Å². The van der Waals surface area contributed by atoms with Crippen molar-refractivity contribution in [3.63, 3.8) is 0 Å². The number of hydrogen-bond acceptors (Lipinski definition) is 4. The van der Waals surface area contributed by atoms with Gasteiger partial charge in [-0.05, 0) is 20.0 Å². The Bertz CT molecular complexity index is 565. The molecule has 0 amide bonds. The van der Waals surface area contributed by atoms with E-state index in [2.05, 4.69) is 15.5 Å². The van der Waals surface area contributed by atoms with Gasteiger partial charge in [0.25, 0.3) is 0 Å². The summed E-state index contributed by atoms with van der Waals surface area (Å²) in [4.78, 5) is 3.99. The van der Waals surface area contributed by atoms with E-state index in [4.69, 9.17) is 4.52 Å². The molecule has 7 heteroatoms. The average Bonchev–Trinajstić information content (AvgIpc) is 2.86. The topological polar surface area (TPSA) is 51.0 Å². The second kappa shape index (κ2) is 5.00. The summed E-state index contributed by atoms with van der Waals surface area (Å²) in [5, 5.41) is 6.48. The third-order valence-corrected chi connectivity index (χ3v) is 2.72. The molecule has 2 aromatic rings. The van der Waals surface area contributed by atoms with Gasteiger partial charge in [-0.3, -0.25) is 0 Å². The third kappa shape index (κ3) is 2.76. The molecule has 4 nitrogen and oxygen atoms in total. The number of hydrogen-bond donors (Lipinski definition) is 1. The SMILES string of the molecule is CNC(C)c1nc(-c2ccccc2C(F)(F)F)no1. The average molecular weight is 271 g/mol. The van der Waals surface area contributed by atoms with Crippen LogP contribution in [0.5, 0.6) is 0 Å². The number of alkyl halides is 3. The van der Waals surface area contributed by atoms with Crippen LogP contribution in [0.3, 0.4) is 0 Å². The van der Waals surface area contributed by atoms with Crippen molar-refractivity contribution < 1.29 is 17.7 Å². The number of nitrogens with one attached hydrogen (secondary N) is 1. The van der Waals surface area contributed by atoms with Crippen LogP contribution in [0.25, 0.3) is 11.4 Å². The first-order valence-corrected chi connectivity index (χ1v) is 5.61. The lowest BCUT2D eigenvalue weighted by Gasteiger charge is -2.09. The zero-order valence-corrected chi connectivity index (χ0v) is 10.3. The van der Waals surface area contributed by atoms with Gasteiger partial charge in [0.2, 0.25) is 11.7 Å². The molecule has 0 aliphatic rings. The lowest BCUT2D eigenvalue weighted by atomic mass is 10.1. The van der Waals surface area contributed by atoms with E-state index in [-0.39, 0.29) is 23.3 Å². The Hall–Kier alpha value is -1.89. The quantitative estimate of drug-likeness (QED) is 0.932. The molecule has 1 atom stereocenters. The predicted octanol–water partition coefficient (Wildman–Crippen LogP) is 3.04. The largest absolute Gasteiger partial charge is 0.417 e. The molecule has 0 saturated heterocycles. The molecular formula is C12H12F3N3O. The molecule has 1 N–H and O–H groups in total. The molecule has 1 aromatic heterocycles. The van der Waals surface area contributed by atoms with Gasteiger partial charge in [-0.15, -0.1) is 0 Å². The molecule has 2 rings (SSSR count). The van der Waals surface area contributed by atoms with Crippen molar-refractivity contribution in [1.29, 1.82) is 0 Å². The Balaban J connectivity index is 2.45. The smallest absolute Gasteiger partial charge is 0.337 e. The van der Waals surface area contributed by atoms with Crippen LogP contribution in [0.2, 0.25) is 0 Å². The van der Waals surface area contributed by atoms with Gasteiger partial charge in [-0.1, -0.05) is 23.4 Å². The van der Waals surface area contributed by atoms with Gasteiger partial charge < -0.3 is 9.84 Å². The number of halogens is 3. The molecule has 0 aliphatic carbocycles. The molecule has 1 heterocycles. The van der Waals surface area contributed by atoms with Crippen molar-refractivity contribution in [2.45, 2.75) is 19.1 Å². The monoisotopic (exact) mass is 271 g/mol. The lowest BCUT2D eigenvalue weighted by Crippen LogP contribution is -2.12. The van der Waals surface area contributed by atoms with E-state index in [9.17, 15) is 13.2 Å². The van der Waals surface area contributed by atoms with Crippen molar-refractivity contribution in [2.24, 2.45) is 0 Å². The summed E-state index contributed by atoms with van der Waals surface area (Å²) in [6.07, 6.45) is -4.45. The Kier molecular flexibility index (Phi) is 3.57. The van der Waals surface area contributed by atoms with Crippen LogP contribution >= 0.6 is 0 Å². The van der Waals surface area contributed by atoms with Gasteiger partial charge in [-0.2, -0.15) is 18.2 Å². The van der Waals surface area contributed by atoms with E-state index in [0.29, 0.717) is 0 Å². The van der Waals surface area contributed by atoms with Crippen LogP contribution in [-0.2, 0) is 6.18 Å². The number of benzene rings is 1. The van der Waals surface area contributed by atoms with E-state index >= 15 is 0 Å². The molecule has 1 unspecified atom stereocenters. The zero-order valence-electron chi connectivity index (χ0n) is 10.3. The van der Waals surface area contributed by atoms with Crippen LogP contribution < -0.4 is 5.32 Å². The van der Waals surface area contributed by atoms with Gasteiger partial charge >= 0.3 is 6.18 Å². The van der Waals surface area contributed by atoms with Crippen LogP contribution in [-0.4, -0.2) is 17.2 Å². The molecule has 0 aliphatic heterocycles. The van der Waals surface area contributed by atoms with Gasteiger partial charge in [0.05, 0.1) is 11.6 Å². The van der Waals surface area contributed by atoms with E-state index < -0.39 is 11.7 Å². The second-order valence-corrected chi connectivity index (χ2v) is 4.01. The highest BCUT2D eigenvalue weighted by Crippen LogP contribution is 2.35. The predicted molar refractivity (Wildman–Crippen MR) is 62.2 cm³/mol. The lowest BCUT2D eigenvalue weighted by molar-refractivity contribution is -0.137. The first-order valence-electron chi connectivity index (χ1n) is 5.61. The molecule has 102 valence electrons. The highest BCUT2D eigenvalue weighted by Gasteiger charge is 2.34. The van der Waals surface area contributed by atoms with Gasteiger partial charge in [-0.25, -0.2) is 0 Å². The molecule has 19 heavy (non-hydrogen) atoms. The first-order chi connectivity index (χ1) is 8.93. The molecular weight excluding hydrogens is 259 g/mol. The summed E-state index contributed by atoms with van der Waals surface area (Å²) in [6.45, 7) is 1.77. The highest BCUT2D eigenvalue weighted by atomic mass is 19.4. The van der Waals surface area contributed by atoms with Crippen LogP contribution in [0, 0.1) is 0 Å². The number of rotatable bonds is 3. The zero-order chi connectivity index (χ0) is 14.0. The van der Waals surface area contributed by atoms with Crippen molar-refractivity contribution in [2.75, 3.05) is 7.05 Å². The summed E-state index contributed by atoms with van der Waals surface area (Å²) in [5.41, 5.74) is -0.868. The molecule has 0 spiro atoms. The molecule has 1 aromatic carbocycles. The fraction of sp³-hybridized carbons (Fsp3) is 0.333.